The van der Waals surface area contributed by atoms with Gasteiger partial charge in [0.05, 0.1) is 18.2 Å². The van der Waals surface area contributed by atoms with Gasteiger partial charge in [0.25, 0.3) is 0 Å². The minimum atomic E-state index is -0.790. The number of carbonyl (C=O) groups excluding carboxylic acids is 2. The van der Waals surface area contributed by atoms with Gasteiger partial charge in [0.1, 0.15) is 11.6 Å². The Morgan fingerprint density at radius 2 is 2.16 bits per heavy atom. The molecule has 1 unspecified atom stereocenters. The number of rotatable bonds is 5. The maximum absolute atomic E-state index is 14.3. The third-order valence-corrected chi connectivity index (χ3v) is 5.17. The number of hydrogen-bond donors (Lipinski definition) is 0. The molecule has 0 spiro atoms. The van der Waals surface area contributed by atoms with Crippen molar-refractivity contribution in [3.8, 4) is 0 Å². The number of nitrogens with zero attached hydrogens (tertiary/aromatic N) is 2. The van der Waals surface area contributed by atoms with Gasteiger partial charge in [-0.05, 0) is 30.5 Å². The molecule has 0 radical (unpaired) electrons. The van der Waals surface area contributed by atoms with Crippen molar-refractivity contribution in [1.29, 1.82) is 0 Å². The Kier molecular flexibility index (Phi) is 5.13. The summed E-state index contributed by atoms with van der Waals surface area (Å²) in [6, 6.07) is 6.87. The van der Waals surface area contributed by atoms with E-state index in [1.807, 2.05) is 24.4 Å². The molecule has 1 aliphatic heterocycles. The van der Waals surface area contributed by atoms with Crippen LogP contribution < -0.4 is 4.90 Å². The number of hydrogen-bond acceptors (Lipinski definition) is 3. The summed E-state index contributed by atoms with van der Waals surface area (Å²) >= 11 is 1.45. The van der Waals surface area contributed by atoms with E-state index >= 15 is 0 Å². The third kappa shape index (κ3) is 3.71. The second-order valence-electron chi connectivity index (χ2n) is 5.93. The van der Waals surface area contributed by atoms with Crippen molar-refractivity contribution in [3.05, 3.63) is 52.2 Å². The highest BCUT2D eigenvalue weighted by Crippen LogP contribution is 2.28. The predicted molar refractivity (Wildman–Crippen MR) is 92.2 cm³/mol. The molecule has 25 heavy (non-hydrogen) atoms. The minimum Gasteiger partial charge on any atom is -0.342 e. The summed E-state index contributed by atoms with van der Waals surface area (Å²) in [4.78, 5) is 28.8. The molecule has 0 aliphatic carbocycles. The normalized spacial score (nSPS) is 17.2. The molecule has 7 heteroatoms. The van der Waals surface area contributed by atoms with Gasteiger partial charge in [-0.15, -0.1) is 11.3 Å². The standard InChI is InChI=1S/C18H18F2N2O2S/c1-2-21-10-12(8-17(21)23)18(24)22(11-14-4-3-7-25-14)16-6-5-13(19)9-15(16)20/h3-7,9,12H,2,8,10-11H2,1H3. The van der Waals surface area contributed by atoms with E-state index in [1.54, 1.807) is 4.90 Å². The zero-order valence-electron chi connectivity index (χ0n) is 13.7. The minimum absolute atomic E-state index is 0.0298. The van der Waals surface area contributed by atoms with Crippen LogP contribution in [-0.2, 0) is 16.1 Å². The summed E-state index contributed by atoms with van der Waals surface area (Å²) in [5, 5.41) is 1.87. The van der Waals surface area contributed by atoms with Gasteiger partial charge in [-0.1, -0.05) is 6.07 Å². The maximum atomic E-state index is 14.3. The van der Waals surface area contributed by atoms with Crippen molar-refractivity contribution in [1.82, 2.24) is 4.90 Å². The molecule has 1 fully saturated rings. The van der Waals surface area contributed by atoms with Crippen molar-refractivity contribution >= 4 is 28.8 Å². The molecule has 2 heterocycles. The average molecular weight is 364 g/mol. The van der Waals surface area contributed by atoms with Gasteiger partial charge in [0.2, 0.25) is 11.8 Å². The van der Waals surface area contributed by atoms with E-state index in [9.17, 15) is 18.4 Å². The second-order valence-corrected chi connectivity index (χ2v) is 6.97. The summed E-state index contributed by atoms with van der Waals surface area (Å²) in [7, 11) is 0. The van der Waals surface area contributed by atoms with Crippen molar-refractivity contribution in [2.45, 2.75) is 19.9 Å². The first-order valence-electron chi connectivity index (χ1n) is 8.06. The van der Waals surface area contributed by atoms with Crippen LogP contribution in [0.3, 0.4) is 0 Å². The number of amides is 2. The first-order chi connectivity index (χ1) is 12.0. The lowest BCUT2D eigenvalue weighted by Gasteiger charge is -2.25. The van der Waals surface area contributed by atoms with Crippen LogP contribution in [0, 0.1) is 17.6 Å². The molecular formula is C18H18F2N2O2S. The molecule has 0 saturated carbocycles. The smallest absolute Gasteiger partial charge is 0.232 e. The first-order valence-corrected chi connectivity index (χ1v) is 8.94. The zero-order valence-corrected chi connectivity index (χ0v) is 14.6. The van der Waals surface area contributed by atoms with E-state index in [2.05, 4.69) is 0 Å². The fourth-order valence-electron chi connectivity index (χ4n) is 3.00. The van der Waals surface area contributed by atoms with Gasteiger partial charge < -0.3 is 9.80 Å². The SMILES string of the molecule is CCN1CC(C(=O)N(Cc2cccs2)c2ccc(F)cc2F)CC1=O. The summed E-state index contributed by atoms with van der Waals surface area (Å²) in [6.07, 6.45) is 0.121. The Morgan fingerprint density at radius 3 is 2.76 bits per heavy atom. The molecule has 1 aliphatic rings. The molecule has 1 atom stereocenters. The van der Waals surface area contributed by atoms with E-state index in [0.29, 0.717) is 13.1 Å². The van der Waals surface area contributed by atoms with Crippen LogP contribution >= 0.6 is 11.3 Å². The molecular weight excluding hydrogens is 346 g/mol. The molecule has 0 bridgehead atoms. The van der Waals surface area contributed by atoms with Gasteiger partial charge in [0.15, 0.2) is 0 Å². The number of halogens is 2. The fraction of sp³-hybridized carbons (Fsp3) is 0.333. The molecule has 2 amide bonds. The van der Waals surface area contributed by atoms with E-state index in [1.165, 1.54) is 22.3 Å². The molecule has 1 aromatic carbocycles. The van der Waals surface area contributed by atoms with Gasteiger partial charge in [-0.25, -0.2) is 8.78 Å². The second kappa shape index (κ2) is 7.31. The predicted octanol–water partition coefficient (Wildman–Crippen LogP) is 3.43. The molecule has 1 aromatic heterocycles. The monoisotopic (exact) mass is 364 g/mol. The van der Waals surface area contributed by atoms with Gasteiger partial charge in [-0.3, -0.25) is 9.59 Å². The van der Waals surface area contributed by atoms with E-state index in [0.717, 1.165) is 17.0 Å². The Labute approximate surface area is 148 Å². The summed E-state index contributed by atoms with van der Waals surface area (Å²) in [5.41, 5.74) is 0.0298. The number of anilines is 1. The van der Waals surface area contributed by atoms with Crippen LogP contribution in [-0.4, -0.2) is 29.8 Å². The Balaban J connectivity index is 1.91. The lowest BCUT2D eigenvalue weighted by molar-refractivity contribution is -0.128. The largest absolute Gasteiger partial charge is 0.342 e. The van der Waals surface area contributed by atoms with Crippen LogP contribution in [0.2, 0.25) is 0 Å². The zero-order chi connectivity index (χ0) is 18.0. The van der Waals surface area contributed by atoms with Crippen LogP contribution in [0.4, 0.5) is 14.5 Å². The van der Waals surface area contributed by atoms with Crippen molar-refractivity contribution in [2.24, 2.45) is 5.92 Å². The van der Waals surface area contributed by atoms with Crippen LogP contribution in [0.5, 0.6) is 0 Å². The Morgan fingerprint density at radius 1 is 1.36 bits per heavy atom. The van der Waals surface area contributed by atoms with Crippen molar-refractivity contribution < 1.29 is 18.4 Å². The van der Waals surface area contributed by atoms with E-state index in [4.69, 9.17) is 0 Å². The van der Waals surface area contributed by atoms with Crippen molar-refractivity contribution in [2.75, 3.05) is 18.0 Å². The number of benzene rings is 1. The molecule has 1 saturated heterocycles. The molecule has 0 N–H and O–H groups in total. The number of thiophene rings is 1. The van der Waals surface area contributed by atoms with Crippen LogP contribution in [0.1, 0.15) is 18.2 Å². The van der Waals surface area contributed by atoms with Crippen LogP contribution in [0.15, 0.2) is 35.7 Å². The average Bonchev–Trinajstić information content (AvgIpc) is 3.22. The van der Waals surface area contributed by atoms with Crippen LogP contribution in [0.25, 0.3) is 0 Å². The highest BCUT2D eigenvalue weighted by Gasteiger charge is 2.37. The third-order valence-electron chi connectivity index (χ3n) is 4.31. The van der Waals surface area contributed by atoms with E-state index < -0.39 is 17.6 Å². The quantitative estimate of drug-likeness (QED) is 0.816. The topological polar surface area (TPSA) is 40.6 Å². The van der Waals surface area contributed by atoms with Crippen molar-refractivity contribution in [3.63, 3.8) is 0 Å². The Hall–Kier alpha value is -2.28. The summed E-state index contributed by atoms with van der Waals surface area (Å²) < 4.78 is 27.5. The van der Waals surface area contributed by atoms with Gasteiger partial charge in [0, 0.05) is 30.5 Å². The van der Waals surface area contributed by atoms with Gasteiger partial charge >= 0.3 is 0 Å². The number of likely N-dealkylation sites (tertiary alicyclic amines) is 1. The van der Waals surface area contributed by atoms with E-state index in [-0.39, 0.29) is 30.5 Å². The molecule has 4 nitrogen and oxygen atoms in total. The Bertz CT molecular complexity index is 779. The summed E-state index contributed by atoms with van der Waals surface area (Å²) in [5.74, 6) is -2.39. The highest BCUT2D eigenvalue weighted by atomic mass is 32.1. The summed E-state index contributed by atoms with van der Waals surface area (Å²) in [6.45, 7) is 2.92. The lowest BCUT2D eigenvalue weighted by Crippen LogP contribution is -2.37. The molecule has 132 valence electrons. The first kappa shape index (κ1) is 17.5. The molecule has 2 aromatic rings. The number of carbonyl (C=O) groups is 2. The maximum Gasteiger partial charge on any atom is 0.232 e. The fourth-order valence-corrected chi connectivity index (χ4v) is 3.70. The molecule has 3 rings (SSSR count). The lowest BCUT2D eigenvalue weighted by atomic mass is 10.1. The van der Waals surface area contributed by atoms with Gasteiger partial charge in [-0.2, -0.15) is 0 Å². The highest BCUT2D eigenvalue weighted by molar-refractivity contribution is 7.09.